The van der Waals surface area contributed by atoms with Gasteiger partial charge in [-0.15, -0.1) is 0 Å². The molecule has 0 radical (unpaired) electrons. The molecule has 0 unspecified atom stereocenters. The van der Waals surface area contributed by atoms with E-state index in [-0.39, 0.29) is 23.9 Å². The molecular formula is C26H40O4. The number of benzene rings is 1. The highest BCUT2D eigenvalue weighted by molar-refractivity contribution is 5.69. The number of carbonyl (C=O) groups is 1. The molecule has 0 heterocycles. The van der Waals surface area contributed by atoms with E-state index in [1.807, 2.05) is 19.9 Å². The van der Waals surface area contributed by atoms with Crippen molar-refractivity contribution in [3.8, 4) is 0 Å². The maximum atomic E-state index is 11.5. The molecule has 1 saturated carbocycles. The third kappa shape index (κ3) is 9.01. The number of rotatable bonds is 13. The first-order valence-electron chi connectivity index (χ1n) is 11.7. The van der Waals surface area contributed by atoms with E-state index >= 15 is 0 Å². The summed E-state index contributed by atoms with van der Waals surface area (Å²) in [6.45, 7) is 3.72. The van der Waals surface area contributed by atoms with E-state index in [0.717, 1.165) is 44.9 Å². The number of unbranched alkanes of at least 4 members (excludes halogenated alkanes) is 3. The zero-order valence-electron chi connectivity index (χ0n) is 18.7. The Hall–Kier alpha value is -1.65. The van der Waals surface area contributed by atoms with Gasteiger partial charge in [0, 0.05) is 6.42 Å². The van der Waals surface area contributed by atoms with Crippen LogP contribution >= 0.6 is 0 Å². The second kappa shape index (κ2) is 13.6. The van der Waals surface area contributed by atoms with Crippen LogP contribution in [-0.2, 0) is 16.0 Å². The molecule has 1 aliphatic rings. The van der Waals surface area contributed by atoms with Crippen LogP contribution in [-0.4, -0.2) is 34.5 Å². The number of esters is 1. The first-order chi connectivity index (χ1) is 14.5. The second-order valence-corrected chi connectivity index (χ2v) is 8.92. The van der Waals surface area contributed by atoms with Crippen molar-refractivity contribution in [1.82, 2.24) is 0 Å². The van der Waals surface area contributed by atoms with Crippen molar-refractivity contribution in [1.29, 1.82) is 0 Å². The van der Waals surface area contributed by atoms with Gasteiger partial charge in [0.15, 0.2) is 0 Å². The number of aliphatic hydroxyl groups excluding tert-OH is 2. The number of hydrogen-bond acceptors (Lipinski definition) is 4. The van der Waals surface area contributed by atoms with Gasteiger partial charge in [0.2, 0.25) is 0 Å². The molecule has 1 aromatic rings. The Balaban J connectivity index is 1.65. The molecule has 4 atom stereocenters. The third-order valence-electron chi connectivity index (χ3n) is 6.06. The minimum absolute atomic E-state index is 0.0569. The summed E-state index contributed by atoms with van der Waals surface area (Å²) in [4.78, 5) is 11.5. The van der Waals surface area contributed by atoms with Crippen LogP contribution < -0.4 is 0 Å². The Morgan fingerprint density at radius 2 is 1.77 bits per heavy atom. The van der Waals surface area contributed by atoms with Gasteiger partial charge in [0.05, 0.1) is 18.3 Å². The number of aliphatic hydroxyl groups is 2. The molecule has 0 aromatic heterocycles. The number of ether oxygens (including phenoxy) is 1. The maximum absolute atomic E-state index is 11.5. The molecule has 4 heteroatoms. The molecule has 0 saturated heterocycles. The zero-order chi connectivity index (χ0) is 21.8. The van der Waals surface area contributed by atoms with Crippen LogP contribution in [0.5, 0.6) is 0 Å². The predicted molar refractivity (Wildman–Crippen MR) is 121 cm³/mol. The van der Waals surface area contributed by atoms with E-state index in [1.165, 1.54) is 12.0 Å². The lowest BCUT2D eigenvalue weighted by molar-refractivity contribution is -0.147. The van der Waals surface area contributed by atoms with Gasteiger partial charge in [-0.05, 0) is 76.2 Å². The summed E-state index contributed by atoms with van der Waals surface area (Å²) in [7, 11) is 0. The van der Waals surface area contributed by atoms with E-state index in [9.17, 15) is 15.0 Å². The Labute approximate surface area is 182 Å². The summed E-state index contributed by atoms with van der Waals surface area (Å²) < 4.78 is 5.13. The smallest absolute Gasteiger partial charge is 0.306 e. The van der Waals surface area contributed by atoms with Crippen molar-refractivity contribution in [2.24, 2.45) is 11.8 Å². The highest BCUT2D eigenvalue weighted by atomic mass is 16.5. The molecule has 1 aliphatic carbocycles. The van der Waals surface area contributed by atoms with Crippen molar-refractivity contribution in [2.75, 3.05) is 0 Å². The highest BCUT2D eigenvalue weighted by Gasteiger charge is 2.40. The van der Waals surface area contributed by atoms with Gasteiger partial charge < -0.3 is 14.9 Å². The predicted octanol–water partition coefficient (Wildman–Crippen LogP) is 5.22. The topological polar surface area (TPSA) is 66.8 Å². The van der Waals surface area contributed by atoms with Crippen LogP contribution in [0.25, 0.3) is 0 Å². The van der Waals surface area contributed by atoms with Gasteiger partial charge in [-0.25, -0.2) is 0 Å². The van der Waals surface area contributed by atoms with Crippen LogP contribution in [0.15, 0.2) is 42.5 Å². The standard InChI is InChI=1S/C26H40O4/c1-20(2)30-26(29)18-12-4-3-10-16-22-23(25(28)19-24(22)27)17-11-6-9-15-21-13-7-5-8-14-21/h3,5,7-8,10,13-14,20,22-25,27-28H,4,6,9,11-12,15-19H2,1-2H3/b10-3-/t22-,23-,24+,25-/m1/s1. The minimum Gasteiger partial charge on any atom is -0.463 e. The number of carbonyl (C=O) groups excluding carboxylic acids is 1. The van der Waals surface area contributed by atoms with Crippen molar-refractivity contribution < 1.29 is 19.7 Å². The van der Waals surface area contributed by atoms with Crippen LogP contribution in [0, 0.1) is 11.8 Å². The van der Waals surface area contributed by atoms with Gasteiger partial charge in [-0.1, -0.05) is 55.3 Å². The largest absolute Gasteiger partial charge is 0.463 e. The van der Waals surface area contributed by atoms with E-state index in [1.54, 1.807) is 0 Å². The Morgan fingerprint density at radius 1 is 1.03 bits per heavy atom. The second-order valence-electron chi connectivity index (χ2n) is 8.92. The fraction of sp³-hybridized carbons (Fsp3) is 0.654. The first-order valence-corrected chi connectivity index (χ1v) is 11.7. The van der Waals surface area contributed by atoms with Gasteiger partial charge in [0.25, 0.3) is 0 Å². The monoisotopic (exact) mass is 416 g/mol. The van der Waals surface area contributed by atoms with Crippen LogP contribution in [0.2, 0.25) is 0 Å². The van der Waals surface area contributed by atoms with Crippen molar-refractivity contribution in [3.05, 3.63) is 48.0 Å². The molecule has 0 spiro atoms. The van der Waals surface area contributed by atoms with Crippen LogP contribution in [0.1, 0.15) is 77.2 Å². The summed E-state index contributed by atoms with van der Waals surface area (Å²) in [5.41, 5.74) is 1.38. The molecule has 168 valence electrons. The molecule has 2 N–H and O–H groups in total. The lowest BCUT2D eigenvalue weighted by Gasteiger charge is -2.22. The average molecular weight is 417 g/mol. The van der Waals surface area contributed by atoms with Gasteiger partial charge in [0.1, 0.15) is 0 Å². The highest BCUT2D eigenvalue weighted by Crippen LogP contribution is 2.38. The lowest BCUT2D eigenvalue weighted by Crippen LogP contribution is -2.21. The Bertz CT molecular complexity index is 625. The third-order valence-corrected chi connectivity index (χ3v) is 6.06. The molecule has 30 heavy (non-hydrogen) atoms. The summed E-state index contributed by atoms with van der Waals surface area (Å²) >= 11 is 0. The number of hydrogen-bond donors (Lipinski definition) is 2. The van der Waals surface area contributed by atoms with E-state index in [0.29, 0.717) is 12.8 Å². The molecule has 1 fully saturated rings. The Kier molecular flexibility index (Phi) is 11.2. The average Bonchev–Trinajstić information content (AvgIpc) is 2.97. The van der Waals surface area contributed by atoms with Crippen LogP contribution in [0.3, 0.4) is 0 Å². The molecule has 0 bridgehead atoms. The van der Waals surface area contributed by atoms with Crippen molar-refractivity contribution in [3.63, 3.8) is 0 Å². The van der Waals surface area contributed by atoms with E-state index in [2.05, 4.69) is 36.4 Å². The molecule has 4 nitrogen and oxygen atoms in total. The number of allylic oxidation sites excluding steroid dienone is 2. The fourth-order valence-electron chi connectivity index (χ4n) is 4.49. The van der Waals surface area contributed by atoms with Crippen molar-refractivity contribution >= 4 is 5.97 Å². The van der Waals surface area contributed by atoms with Gasteiger partial charge in [-0.2, -0.15) is 0 Å². The number of aryl methyl sites for hydroxylation is 1. The zero-order valence-corrected chi connectivity index (χ0v) is 18.7. The summed E-state index contributed by atoms with van der Waals surface area (Å²) in [6, 6.07) is 10.6. The summed E-state index contributed by atoms with van der Waals surface area (Å²) in [5.74, 6) is 0.179. The summed E-state index contributed by atoms with van der Waals surface area (Å²) in [5, 5.41) is 20.8. The fourth-order valence-corrected chi connectivity index (χ4v) is 4.49. The molecule has 0 aliphatic heterocycles. The molecule has 0 amide bonds. The van der Waals surface area contributed by atoms with E-state index in [4.69, 9.17) is 4.74 Å². The Morgan fingerprint density at radius 3 is 2.50 bits per heavy atom. The first kappa shape index (κ1) is 24.6. The lowest BCUT2D eigenvalue weighted by atomic mass is 9.86. The molecule has 1 aromatic carbocycles. The maximum Gasteiger partial charge on any atom is 0.306 e. The normalized spacial score (nSPS) is 24.0. The molecular weight excluding hydrogens is 376 g/mol. The SMILES string of the molecule is CC(C)OC(=O)CCC/C=C\C[C@@H]1[C@@H](CCCCCc2ccccc2)[C@H](O)C[C@@H]1O. The quantitative estimate of drug-likeness (QED) is 0.263. The summed E-state index contributed by atoms with van der Waals surface area (Å²) in [6.07, 6.45) is 12.2. The van der Waals surface area contributed by atoms with Gasteiger partial charge >= 0.3 is 5.97 Å². The van der Waals surface area contributed by atoms with Gasteiger partial charge in [-0.3, -0.25) is 4.79 Å². The van der Waals surface area contributed by atoms with Crippen LogP contribution in [0.4, 0.5) is 0 Å². The van der Waals surface area contributed by atoms with E-state index < -0.39 is 12.2 Å². The molecule has 2 rings (SSSR count). The van der Waals surface area contributed by atoms with Crippen molar-refractivity contribution in [2.45, 2.75) is 96.4 Å². The minimum atomic E-state index is -0.417.